The lowest BCUT2D eigenvalue weighted by Gasteiger charge is -2.26. The third kappa shape index (κ3) is 3.85. The average Bonchev–Trinajstić information content (AvgIpc) is 3.03. The number of para-hydroxylation sites is 1. The molecule has 0 radical (unpaired) electrons. The molecule has 0 saturated carbocycles. The van der Waals surface area contributed by atoms with E-state index in [4.69, 9.17) is 14.2 Å². The fraction of sp³-hybridized carbons (Fsp3) is 0.400. The van der Waals surface area contributed by atoms with Crippen LogP contribution in [0, 0.1) is 10.1 Å². The summed E-state index contributed by atoms with van der Waals surface area (Å²) in [7, 11) is -3.86. The molecule has 2 heterocycles. The largest absolute Gasteiger partial charge is 0.483 e. The van der Waals surface area contributed by atoms with Crippen molar-refractivity contribution in [2.75, 3.05) is 26.3 Å². The predicted octanol–water partition coefficient (Wildman–Crippen LogP) is 3.12. The first-order valence-corrected chi connectivity index (χ1v) is 11.0. The molecular weight excluding hydrogens is 412 g/mol. The Hall–Kier alpha value is -2.69. The van der Waals surface area contributed by atoms with E-state index in [-0.39, 0.29) is 36.9 Å². The number of sulfonamides is 1. The fourth-order valence-corrected chi connectivity index (χ4v) is 5.04. The zero-order chi connectivity index (χ0) is 21.5. The lowest BCUT2D eigenvalue weighted by molar-refractivity contribution is -0.385. The van der Waals surface area contributed by atoms with E-state index in [1.807, 2.05) is 19.9 Å². The molecule has 0 amide bonds. The molecule has 2 aliphatic heterocycles. The molecular formula is C20H22N2O7S. The Bertz CT molecular complexity index is 1090. The van der Waals surface area contributed by atoms with Crippen LogP contribution in [0.4, 0.5) is 5.69 Å². The Morgan fingerprint density at radius 1 is 1.13 bits per heavy atom. The SMILES string of the molecule is CC1(C)Cc2cccc(Oc3ccc(S(=O)(=O)N4CCOCC4)cc3[N+](=O)[O-])c2O1. The molecule has 160 valence electrons. The molecule has 9 nitrogen and oxygen atoms in total. The molecule has 0 atom stereocenters. The van der Waals surface area contributed by atoms with E-state index in [9.17, 15) is 18.5 Å². The lowest BCUT2D eigenvalue weighted by Crippen LogP contribution is -2.40. The van der Waals surface area contributed by atoms with Crippen LogP contribution in [0.5, 0.6) is 17.2 Å². The van der Waals surface area contributed by atoms with E-state index >= 15 is 0 Å². The summed E-state index contributed by atoms with van der Waals surface area (Å²) in [5.41, 5.74) is 0.120. The van der Waals surface area contributed by atoms with Gasteiger partial charge in [-0.25, -0.2) is 8.42 Å². The predicted molar refractivity (Wildman–Crippen MR) is 108 cm³/mol. The average molecular weight is 434 g/mol. The number of ether oxygens (including phenoxy) is 3. The molecule has 1 fully saturated rings. The smallest absolute Gasteiger partial charge is 0.312 e. The second-order valence-electron chi connectivity index (χ2n) is 7.79. The van der Waals surface area contributed by atoms with Crippen molar-refractivity contribution in [1.29, 1.82) is 0 Å². The molecule has 0 N–H and O–H groups in total. The van der Waals surface area contributed by atoms with E-state index in [1.54, 1.807) is 12.1 Å². The highest BCUT2D eigenvalue weighted by Crippen LogP contribution is 2.45. The maximum Gasteiger partial charge on any atom is 0.312 e. The molecule has 30 heavy (non-hydrogen) atoms. The number of hydrogen-bond donors (Lipinski definition) is 0. The molecule has 2 aromatic rings. The van der Waals surface area contributed by atoms with Crippen LogP contribution in [-0.4, -0.2) is 49.6 Å². The van der Waals surface area contributed by atoms with Gasteiger partial charge < -0.3 is 14.2 Å². The van der Waals surface area contributed by atoms with Gasteiger partial charge >= 0.3 is 5.69 Å². The van der Waals surface area contributed by atoms with E-state index in [2.05, 4.69) is 0 Å². The van der Waals surface area contributed by atoms with Crippen LogP contribution >= 0.6 is 0 Å². The summed E-state index contributed by atoms with van der Waals surface area (Å²) in [6.45, 7) is 4.89. The quantitative estimate of drug-likeness (QED) is 0.525. The lowest BCUT2D eigenvalue weighted by atomic mass is 10.0. The van der Waals surface area contributed by atoms with Gasteiger partial charge in [0, 0.05) is 31.1 Å². The van der Waals surface area contributed by atoms with Crippen LogP contribution in [0.3, 0.4) is 0 Å². The maximum absolute atomic E-state index is 12.8. The van der Waals surface area contributed by atoms with Gasteiger partial charge in [0.25, 0.3) is 0 Å². The summed E-state index contributed by atoms with van der Waals surface area (Å²) in [4.78, 5) is 10.9. The summed E-state index contributed by atoms with van der Waals surface area (Å²) < 4.78 is 43.9. The van der Waals surface area contributed by atoms with Crippen LogP contribution in [-0.2, 0) is 21.2 Å². The van der Waals surface area contributed by atoms with Crippen molar-refractivity contribution >= 4 is 15.7 Å². The Labute approximate surface area is 174 Å². The van der Waals surface area contributed by atoms with Crippen LogP contribution < -0.4 is 9.47 Å². The first-order chi connectivity index (χ1) is 14.2. The molecule has 0 spiro atoms. The maximum atomic E-state index is 12.8. The first kappa shape index (κ1) is 20.6. The number of benzene rings is 2. The van der Waals surface area contributed by atoms with Gasteiger partial charge in [-0.3, -0.25) is 10.1 Å². The van der Waals surface area contributed by atoms with Gasteiger partial charge in [-0.2, -0.15) is 4.31 Å². The topological polar surface area (TPSA) is 108 Å². The van der Waals surface area contributed by atoms with Crippen molar-refractivity contribution in [2.45, 2.75) is 30.8 Å². The third-order valence-corrected chi connectivity index (χ3v) is 6.90. The van der Waals surface area contributed by atoms with Crippen molar-refractivity contribution in [1.82, 2.24) is 4.31 Å². The summed E-state index contributed by atoms with van der Waals surface area (Å²) in [5.74, 6) is 0.842. The molecule has 0 unspecified atom stereocenters. The number of morpholine rings is 1. The second kappa shape index (κ2) is 7.53. The molecule has 0 aromatic heterocycles. The van der Waals surface area contributed by atoms with E-state index < -0.39 is 26.2 Å². The fourth-order valence-electron chi connectivity index (χ4n) is 3.61. The molecule has 10 heteroatoms. The van der Waals surface area contributed by atoms with Gasteiger partial charge in [0.2, 0.25) is 15.8 Å². The second-order valence-corrected chi connectivity index (χ2v) is 9.73. The number of nitrogens with zero attached hydrogens (tertiary/aromatic N) is 2. The Morgan fingerprint density at radius 3 is 2.57 bits per heavy atom. The monoisotopic (exact) mass is 434 g/mol. The normalized spacial score (nSPS) is 18.5. The van der Waals surface area contributed by atoms with Crippen molar-refractivity contribution in [2.24, 2.45) is 0 Å². The van der Waals surface area contributed by atoms with Crippen LogP contribution in [0.25, 0.3) is 0 Å². The number of nitro benzene ring substituents is 1. The summed E-state index contributed by atoms with van der Waals surface area (Å²) in [5, 5.41) is 11.7. The zero-order valence-corrected chi connectivity index (χ0v) is 17.5. The highest BCUT2D eigenvalue weighted by atomic mass is 32.2. The highest BCUT2D eigenvalue weighted by molar-refractivity contribution is 7.89. The van der Waals surface area contributed by atoms with Gasteiger partial charge in [-0.15, -0.1) is 0 Å². The Balaban J connectivity index is 1.68. The van der Waals surface area contributed by atoms with Gasteiger partial charge in [0.1, 0.15) is 5.60 Å². The third-order valence-electron chi connectivity index (χ3n) is 5.01. The van der Waals surface area contributed by atoms with Gasteiger partial charge in [0.05, 0.1) is 23.0 Å². The Morgan fingerprint density at radius 2 is 1.87 bits per heavy atom. The highest BCUT2D eigenvalue weighted by Gasteiger charge is 2.34. The van der Waals surface area contributed by atoms with Crippen molar-refractivity contribution in [3.63, 3.8) is 0 Å². The van der Waals surface area contributed by atoms with E-state index in [0.717, 1.165) is 11.6 Å². The first-order valence-electron chi connectivity index (χ1n) is 9.52. The molecule has 2 aromatic carbocycles. The van der Waals surface area contributed by atoms with Crippen molar-refractivity contribution < 1.29 is 27.6 Å². The van der Waals surface area contributed by atoms with Crippen LogP contribution in [0.15, 0.2) is 41.3 Å². The minimum absolute atomic E-state index is 0.0531. The molecule has 2 aliphatic rings. The van der Waals surface area contributed by atoms with Crippen molar-refractivity contribution in [3.05, 3.63) is 52.1 Å². The Kier molecular flexibility index (Phi) is 5.16. The van der Waals surface area contributed by atoms with E-state index in [1.165, 1.54) is 16.4 Å². The molecule has 4 rings (SSSR count). The van der Waals surface area contributed by atoms with Gasteiger partial charge in [-0.05, 0) is 32.0 Å². The van der Waals surface area contributed by atoms with Gasteiger partial charge in [0.15, 0.2) is 11.5 Å². The van der Waals surface area contributed by atoms with Crippen LogP contribution in [0.2, 0.25) is 0 Å². The minimum atomic E-state index is -3.86. The van der Waals surface area contributed by atoms with E-state index in [0.29, 0.717) is 17.9 Å². The number of nitro groups is 1. The molecule has 1 saturated heterocycles. The summed E-state index contributed by atoms with van der Waals surface area (Å²) in [6.07, 6.45) is 0.693. The minimum Gasteiger partial charge on any atom is -0.483 e. The number of fused-ring (bicyclic) bond motifs is 1. The van der Waals surface area contributed by atoms with Crippen molar-refractivity contribution in [3.8, 4) is 17.2 Å². The standard InChI is InChI=1S/C20H22N2O7S/c1-20(2)13-14-4-3-5-18(19(14)29-20)28-17-7-6-15(12-16(17)22(23)24)30(25,26)21-8-10-27-11-9-21/h3-7,12H,8-11,13H2,1-2H3. The summed E-state index contributed by atoms with van der Waals surface area (Å²) >= 11 is 0. The van der Waals surface area contributed by atoms with Gasteiger partial charge in [-0.1, -0.05) is 12.1 Å². The van der Waals surface area contributed by atoms with Crippen LogP contribution in [0.1, 0.15) is 19.4 Å². The summed E-state index contributed by atoms with van der Waals surface area (Å²) in [6, 6.07) is 9.05. The number of hydrogen-bond acceptors (Lipinski definition) is 7. The molecule has 0 aliphatic carbocycles. The zero-order valence-electron chi connectivity index (χ0n) is 16.7. The molecule has 0 bridgehead atoms. The number of rotatable bonds is 5.